The molecule has 0 radical (unpaired) electrons. The van der Waals surface area contributed by atoms with Gasteiger partial charge < -0.3 is 9.64 Å². The summed E-state index contributed by atoms with van der Waals surface area (Å²) in [6.45, 7) is 6.70. The lowest BCUT2D eigenvalue weighted by molar-refractivity contribution is 0.0778. The van der Waals surface area contributed by atoms with Crippen molar-refractivity contribution < 1.29 is 17.9 Å². The van der Waals surface area contributed by atoms with Crippen LogP contribution in [-0.4, -0.2) is 39.6 Å². The Balaban J connectivity index is 1.73. The van der Waals surface area contributed by atoms with Gasteiger partial charge in [-0.3, -0.25) is 4.79 Å². The molecule has 29 heavy (non-hydrogen) atoms. The molecule has 1 aliphatic rings. The highest BCUT2D eigenvalue weighted by Crippen LogP contribution is 2.35. The van der Waals surface area contributed by atoms with E-state index < -0.39 is 10.0 Å². The summed E-state index contributed by atoms with van der Waals surface area (Å²) < 4.78 is 33.3. The molecule has 0 aromatic heterocycles. The molecule has 0 saturated carbocycles. The van der Waals surface area contributed by atoms with E-state index in [4.69, 9.17) is 4.74 Å². The van der Waals surface area contributed by atoms with Gasteiger partial charge in [0.1, 0.15) is 0 Å². The summed E-state index contributed by atoms with van der Waals surface area (Å²) in [5.74, 6) is -0.0734. The zero-order valence-corrected chi connectivity index (χ0v) is 17.9. The molecule has 0 bridgehead atoms. The van der Waals surface area contributed by atoms with E-state index in [1.54, 1.807) is 35.2 Å². The van der Waals surface area contributed by atoms with E-state index in [1.165, 1.54) is 0 Å². The molecule has 156 valence electrons. The largest absolute Gasteiger partial charge is 0.379 e. The Hall–Kier alpha value is -2.22. The maximum Gasteiger partial charge on any atom is 0.258 e. The number of rotatable bonds is 8. The van der Waals surface area contributed by atoms with Crippen LogP contribution in [0.25, 0.3) is 0 Å². The first kappa shape index (κ1) is 21.5. The average molecular weight is 417 g/mol. The van der Waals surface area contributed by atoms with Gasteiger partial charge in [0.15, 0.2) is 0 Å². The quantitative estimate of drug-likeness (QED) is 0.670. The molecule has 1 heterocycles. The summed E-state index contributed by atoms with van der Waals surface area (Å²) in [4.78, 5) is 14.9. The standard InChI is InChI=1S/C22H28N2O4S/c1-16(2)28-13-7-12-23-29(26,27)20-10-11-21-19(15-20)14-17(3)24(21)22(25)18-8-5-4-6-9-18/h4-6,8-11,15-17,23H,7,12-14H2,1-3H3/t17-/m1/s1. The van der Waals surface area contributed by atoms with Crippen LogP contribution < -0.4 is 9.62 Å². The number of nitrogens with zero attached hydrogens (tertiary/aromatic N) is 1. The summed E-state index contributed by atoms with van der Waals surface area (Å²) in [6, 6.07) is 14.1. The minimum Gasteiger partial charge on any atom is -0.379 e. The number of amides is 1. The third-order valence-corrected chi connectivity index (χ3v) is 6.34. The number of benzene rings is 2. The topological polar surface area (TPSA) is 75.7 Å². The molecule has 0 spiro atoms. The molecule has 0 unspecified atom stereocenters. The second-order valence-corrected chi connectivity index (χ2v) is 9.32. The molecule has 7 heteroatoms. The Morgan fingerprint density at radius 3 is 2.62 bits per heavy atom. The van der Waals surface area contributed by atoms with Gasteiger partial charge in [0, 0.05) is 30.4 Å². The summed E-state index contributed by atoms with van der Waals surface area (Å²) >= 11 is 0. The van der Waals surface area contributed by atoms with Crippen molar-refractivity contribution in [2.75, 3.05) is 18.1 Å². The number of carbonyl (C=O) groups is 1. The van der Waals surface area contributed by atoms with Crippen molar-refractivity contribution in [2.24, 2.45) is 0 Å². The first-order valence-electron chi connectivity index (χ1n) is 9.92. The molecule has 1 aliphatic heterocycles. The lowest BCUT2D eigenvalue weighted by Gasteiger charge is -2.23. The highest BCUT2D eigenvalue weighted by atomic mass is 32.2. The molecule has 2 aromatic carbocycles. The van der Waals surface area contributed by atoms with Crippen LogP contribution in [0.15, 0.2) is 53.4 Å². The van der Waals surface area contributed by atoms with E-state index in [1.807, 2.05) is 39.0 Å². The zero-order chi connectivity index (χ0) is 21.0. The van der Waals surface area contributed by atoms with Gasteiger partial charge in [-0.15, -0.1) is 0 Å². The predicted octanol–water partition coefficient (Wildman–Crippen LogP) is 3.37. The van der Waals surface area contributed by atoms with E-state index in [2.05, 4.69) is 4.72 Å². The van der Waals surface area contributed by atoms with E-state index in [0.29, 0.717) is 31.6 Å². The van der Waals surface area contributed by atoms with Gasteiger partial charge in [-0.05, 0) is 69.5 Å². The van der Waals surface area contributed by atoms with Gasteiger partial charge in [-0.1, -0.05) is 18.2 Å². The van der Waals surface area contributed by atoms with Gasteiger partial charge in [0.2, 0.25) is 10.0 Å². The van der Waals surface area contributed by atoms with Gasteiger partial charge >= 0.3 is 0 Å². The number of ether oxygens (including phenoxy) is 1. The van der Waals surface area contributed by atoms with Crippen LogP contribution in [0.2, 0.25) is 0 Å². The molecule has 0 aliphatic carbocycles. The van der Waals surface area contributed by atoms with Crippen molar-refractivity contribution in [1.82, 2.24) is 4.72 Å². The first-order valence-corrected chi connectivity index (χ1v) is 11.4. The predicted molar refractivity (Wildman–Crippen MR) is 114 cm³/mol. The number of nitrogens with one attached hydrogen (secondary N) is 1. The molecule has 1 atom stereocenters. The molecule has 1 amide bonds. The number of hydrogen-bond donors (Lipinski definition) is 1. The van der Waals surface area contributed by atoms with Gasteiger partial charge in [-0.25, -0.2) is 13.1 Å². The lowest BCUT2D eigenvalue weighted by Crippen LogP contribution is -2.35. The number of sulfonamides is 1. The van der Waals surface area contributed by atoms with Crippen molar-refractivity contribution >= 4 is 21.6 Å². The SMILES string of the molecule is CC(C)OCCCNS(=O)(=O)c1ccc2c(c1)C[C@@H](C)N2C(=O)c1ccccc1. The molecular weight excluding hydrogens is 388 g/mol. The van der Waals surface area contributed by atoms with Crippen molar-refractivity contribution in [3.63, 3.8) is 0 Å². The fourth-order valence-electron chi connectivity index (χ4n) is 3.48. The second kappa shape index (κ2) is 9.07. The van der Waals surface area contributed by atoms with Gasteiger partial charge in [0.05, 0.1) is 11.0 Å². The molecule has 2 aromatic rings. The Morgan fingerprint density at radius 2 is 1.93 bits per heavy atom. The third-order valence-electron chi connectivity index (χ3n) is 4.88. The van der Waals surface area contributed by atoms with Crippen LogP contribution in [0.1, 0.15) is 43.1 Å². The highest BCUT2D eigenvalue weighted by molar-refractivity contribution is 7.89. The number of carbonyl (C=O) groups excluding carboxylic acids is 1. The molecular formula is C22H28N2O4S. The molecule has 1 N–H and O–H groups in total. The zero-order valence-electron chi connectivity index (χ0n) is 17.1. The highest BCUT2D eigenvalue weighted by Gasteiger charge is 2.32. The fraction of sp³-hybridized carbons (Fsp3) is 0.409. The number of anilines is 1. The minimum absolute atomic E-state index is 0.0307. The Bertz CT molecular complexity index is 958. The van der Waals surface area contributed by atoms with E-state index in [-0.39, 0.29) is 22.9 Å². The van der Waals surface area contributed by atoms with Crippen LogP contribution in [-0.2, 0) is 21.2 Å². The van der Waals surface area contributed by atoms with Crippen molar-refractivity contribution in [3.05, 3.63) is 59.7 Å². The van der Waals surface area contributed by atoms with E-state index in [0.717, 1.165) is 11.3 Å². The Labute approximate surface area is 172 Å². The lowest BCUT2D eigenvalue weighted by atomic mass is 10.1. The maximum absolute atomic E-state index is 12.9. The molecule has 6 nitrogen and oxygen atoms in total. The Kier molecular flexibility index (Phi) is 6.72. The molecule has 0 saturated heterocycles. The van der Waals surface area contributed by atoms with E-state index in [9.17, 15) is 13.2 Å². The van der Waals surface area contributed by atoms with Crippen molar-refractivity contribution in [2.45, 2.75) is 50.7 Å². The van der Waals surface area contributed by atoms with Crippen molar-refractivity contribution in [1.29, 1.82) is 0 Å². The normalized spacial score (nSPS) is 16.3. The van der Waals surface area contributed by atoms with E-state index >= 15 is 0 Å². The minimum atomic E-state index is -3.60. The molecule has 0 fully saturated rings. The van der Waals surface area contributed by atoms with Gasteiger partial charge in [0.25, 0.3) is 5.91 Å². The first-order chi connectivity index (χ1) is 13.8. The van der Waals surface area contributed by atoms with Gasteiger partial charge in [-0.2, -0.15) is 0 Å². The number of hydrogen-bond acceptors (Lipinski definition) is 4. The van der Waals surface area contributed by atoms with Crippen LogP contribution in [0, 0.1) is 0 Å². The molecule has 3 rings (SSSR count). The summed E-state index contributed by atoms with van der Waals surface area (Å²) in [5.41, 5.74) is 2.26. The van der Waals surface area contributed by atoms with Crippen LogP contribution in [0.4, 0.5) is 5.69 Å². The number of fused-ring (bicyclic) bond motifs is 1. The fourth-order valence-corrected chi connectivity index (χ4v) is 4.61. The Morgan fingerprint density at radius 1 is 1.21 bits per heavy atom. The van der Waals surface area contributed by atoms with Crippen LogP contribution in [0.5, 0.6) is 0 Å². The third kappa shape index (κ3) is 5.04. The summed E-state index contributed by atoms with van der Waals surface area (Å²) in [5, 5.41) is 0. The maximum atomic E-state index is 12.9. The second-order valence-electron chi connectivity index (χ2n) is 7.56. The summed E-state index contributed by atoms with van der Waals surface area (Å²) in [7, 11) is -3.60. The smallest absolute Gasteiger partial charge is 0.258 e. The van der Waals surface area contributed by atoms with Crippen LogP contribution in [0.3, 0.4) is 0 Å². The summed E-state index contributed by atoms with van der Waals surface area (Å²) in [6.07, 6.45) is 1.37. The monoisotopic (exact) mass is 416 g/mol. The average Bonchev–Trinajstić information content (AvgIpc) is 3.02. The van der Waals surface area contributed by atoms with Crippen LogP contribution >= 0.6 is 0 Å². The van der Waals surface area contributed by atoms with Crippen molar-refractivity contribution in [3.8, 4) is 0 Å².